The van der Waals surface area contributed by atoms with Crippen LogP contribution >= 0.6 is 0 Å². The van der Waals surface area contributed by atoms with Crippen molar-refractivity contribution >= 4 is 0 Å². The maximum absolute atomic E-state index is 12.0. The van der Waals surface area contributed by atoms with Gasteiger partial charge in [0.1, 0.15) is 0 Å². The predicted molar refractivity (Wildman–Crippen MR) is 133 cm³/mol. The molecule has 0 aromatic heterocycles. The van der Waals surface area contributed by atoms with Gasteiger partial charge < -0.3 is 15.3 Å². The molecule has 0 heterocycles. The van der Waals surface area contributed by atoms with Gasteiger partial charge in [-0.25, -0.2) is 0 Å². The van der Waals surface area contributed by atoms with Crippen LogP contribution < -0.4 is 0 Å². The molecule has 3 heteroatoms. The van der Waals surface area contributed by atoms with Crippen molar-refractivity contribution in [3.05, 3.63) is 11.6 Å². The second kappa shape index (κ2) is 7.10. The summed E-state index contributed by atoms with van der Waals surface area (Å²) in [6, 6.07) is 0. The minimum atomic E-state index is -0.720. The summed E-state index contributed by atoms with van der Waals surface area (Å²) < 4.78 is 0. The van der Waals surface area contributed by atoms with Gasteiger partial charge in [0.05, 0.1) is 18.3 Å². The molecule has 0 aliphatic heterocycles. The van der Waals surface area contributed by atoms with Crippen molar-refractivity contribution in [3.8, 4) is 0 Å². The highest BCUT2D eigenvalue weighted by Crippen LogP contribution is 2.75. The minimum absolute atomic E-state index is 0.00157. The SMILES string of the molecule is C[C@H]1[C@H](C)CC[C@]2(C)CC[C@]3(C)C(=C[C@@H](O)[C@@H]4[C@@]5(C)C[C@@H](O)[C@H](O)C(C)(C)[C@@H]5CC[C@]43C)[C@H]12. The van der Waals surface area contributed by atoms with Gasteiger partial charge in [0.2, 0.25) is 0 Å². The van der Waals surface area contributed by atoms with Crippen molar-refractivity contribution in [2.45, 2.75) is 119 Å². The number of fused-ring (bicyclic) bond motifs is 7. The lowest BCUT2D eigenvalue weighted by Gasteiger charge is -2.72. The van der Waals surface area contributed by atoms with Crippen molar-refractivity contribution in [1.82, 2.24) is 0 Å². The molecule has 0 unspecified atom stereocenters. The quantitative estimate of drug-likeness (QED) is 0.392. The van der Waals surface area contributed by atoms with Crippen LogP contribution in [0.25, 0.3) is 0 Å². The van der Waals surface area contributed by atoms with E-state index in [1.807, 2.05) is 0 Å². The normalized spacial score (nSPS) is 60.0. The van der Waals surface area contributed by atoms with Crippen LogP contribution in [0.4, 0.5) is 0 Å². The largest absolute Gasteiger partial charge is 0.390 e. The Morgan fingerprint density at radius 3 is 2.18 bits per heavy atom. The third-order valence-corrected chi connectivity index (χ3v) is 13.3. The van der Waals surface area contributed by atoms with Gasteiger partial charge in [0, 0.05) is 5.92 Å². The van der Waals surface area contributed by atoms with Gasteiger partial charge in [0.25, 0.3) is 0 Å². The highest BCUT2D eigenvalue weighted by molar-refractivity contribution is 5.35. The molecular formula is C30H50O3. The molecular weight excluding hydrogens is 408 g/mol. The third kappa shape index (κ3) is 2.85. The molecule has 0 aromatic rings. The van der Waals surface area contributed by atoms with Gasteiger partial charge >= 0.3 is 0 Å². The Labute approximate surface area is 202 Å². The van der Waals surface area contributed by atoms with E-state index >= 15 is 0 Å². The molecule has 4 fully saturated rings. The number of aliphatic hydroxyl groups excluding tert-OH is 3. The summed E-state index contributed by atoms with van der Waals surface area (Å²) in [7, 11) is 0. The van der Waals surface area contributed by atoms with Crippen molar-refractivity contribution < 1.29 is 15.3 Å². The molecule has 0 amide bonds. The number of hydrogen-bond acceptors (Lipinski definition) is 3. The van der Waals surface area contributed by atoms with E-state index in [9.17, 15) is 15.3 Å². The van der Waals surface area contributed by atoms with Crippen LogP contribution in [0.5, 0.6) is 0 Å². The molecule has 12 atom stereocenters. The zero-order valence-corrected chi connectivity index (χ0v) is 22.5. The second-order valence-electron chi connectivity index (χ2n) is 15.0. The number of aliphatic hydroxyl groups is 3. The van der Waals surface area contributed by atoms with Gasteiger partial charge in [-0.05, 0) is 95.7 Å². The summed E-state index contributed by atoms with van der Waals surface area (Å²) in [4.78, 5) is 0. The first kappa shape index (κ1) is 24.3. The van der Waals surface area contributed by atoms with Crippen molar-refractivity contribution in [2.24, 2.45) is 56.7 Å². The number of allylic oxidation sites excluding steroid dienone is 1. The second-order valence-corrected chi connectivity index (χ2v) is 15.0. The maximum Gasteiger partial charge on any atom is 0.0852 e. The Morgan fingerprint density at radius 1 is 0.848 bits per heavy atom. The van der Waals surface area contributed by atoms with E-state index in [-0.39, 0.29) is 27.6 Å². The monoisotopic (exact) mass is 458 g/mol. The van der Waals surface area contributed by atoms with Gasteiger partial charge in [-0.2, -0.15) is 0 Å². The molecule has 0 aromatic carbocycles. The summed E-state index contributed by atoms with van der Waals surface area (Å²) in [6.07, 6.45) is 8.33. The van der Waals surface area contributed by atoms with E-state index < -0.39 is 18.3 Å². The molecule has 188 valence electrons. The van der Waals surface area contributed by atoms with Crippen molar-refractivity contribution in [3.63, 3.8) is 0 Å². The fourth-order valence-electron chi connectivity index (χ4n) is 11.1. The van der Waals surface area contributed by atoms with Crippen molar-refractivity contribution in [2.75, 3.05) is 0 Å². The standard InChI is InChI=1S/C30H50O3/c1-17-9-11-27(5)13-14-29(7)19(23(27)18(17)2)15-20(31)24-28(6)16-21(32)25(33)26(3,4)22(28)10-12-30(24,29)8/h15,17-18,20-25,31-33H,9-14,16H2,1-8H3/t17-,18+,20-,21-,22+,23+,24-,25+,27-,28+,29-,30-/m1/s1. The minimum Gasteiger partial charge on any atom is -0.390 e. The molecule has 5 rings (SSSR count). The van der Waals surface area contributed by atoms with Crippen LogP contribution in [0.2, 0.25) is 0 Å². The summed E-state index contributed by atoms with van der Waals surface area (Å²) in [5.41, 5.74) is 1.48. The maximum atomic E-state index is 12.0. The number of rotatable bonds is 0. The summed E-state index contributed by atoms with van der Waals surface area (Å²) in [6.45, 7) is 19.1. The zero-order valence-electron chi connectivity index (χ0n) is 22.5. The molecule has 3 N–H and O–H groups in total. The van der Waals surface area contributed by atoms with Gasteiger partial charge in [-0.15, -0.1) is 0 Å². The van der Waals surface area contributed by atoms with Crippen LogP contribution in [0.15, 0.2) is 11.6 Å². The van der Waals surface area contributed by atoms with Gasteiger partial charge in [0.15, 0.2) is 0 Å². The Kier molecular flexibility index (Phi) is 5.23. The van der Waals surface area contributed by atoms with E-state index in [2.05, 4.69) is 61.5 Å². The molecule has 5 aliphatic rings. The van der Waals surface area contributed by atoms with Crippen LogP contribution in [-0.2, 0) is 0 Å². The molecule has 5 aliphatic carbocycles. The average Bonchev–Trinajstić information content (AvgIpc) is 2.71. The molecule has 3 nitrogen and oxygen atoms in total. The summed E-state index contributed by atoms with van der Waals surface area (Å²) in [5, 5.41) is 33.8. The van der Waals surface area contributed by atoms with E-state index in [0.29, 0.717) is 29.6 Å². The fraction of sp³-hybridized carbons (Fsp3) is 0.933. The Balaban J connectivity index is 1.64. The Morgan fingerprint density at radius 2 is 1.52 bits per heavy atom. The number of hydrogen-bond donors (Lipinski definition) is 3. The molecule has 4 saturated carbocycles. The first-order valence-corrected chi connectivity index (χ1v) is 13.9. The topological polar surface area (TPSA) is 60.7 Å². The van der Waals surface area contributed by atoms with E-state index in [4.69, 9.17) is 0 Å². The Bertz CT molecular complexity index is 847. The fourth-order valence-corrected chi connectivity index (χ4v) is 11.1. The molecule has 0 bridgehead atoms. The first-order chi connectivity index (χ1) is 15.1. The van der Waals surface area contributed by atoms with E-state index in [1.165, 1.54) is 25.7 Å². The average molecular weight is 459 g/mol. The summed E-state index contributed by atoms with van der Waals surface area (Å²) in [5.74, 6) is 2.36. The Hall–Kier alpha value is -0.380. The molecule has 0 spiro atoms. The molecule has 0 radical (unpaired) electrons. The third-order valence-electron chi connectivity index (χ3n) is 13.3. The van der Waals surface area contributed by atoms with Crippen LogP contribution in [-0.4, -0.2) is 33.6 Å². The van der Waals surface area contributed by atoms with Crippen molar-refractivity contribution in [1.29, 1.82) is 0 Å². The highest BCUT2D eigenvalue weighted by atomic mass is 16.3. The molecule has 0 saturated heterocycles. The lowest BCUT2D eigenvalue weighted by atomic mass is 9.33. The summed E-state index contributed by atoms with van der Waals surface area (Å²) >= 11 is 0. The first-order valence-electron chi connectivity index (χ1n) is 13.9. The van der Waals surface area contributed by atoms with Crippen LogP contribution in [0, 0.1) is 56.7 Å². The van der Waals surface area contributed by atoms with Gasteiger partial charge in [-0.1, -0.05) is 67.0 Å². The van der Waals surface area contributed by atoms with E-state index in [0.717, 1.165) is 18.8 Å². The predicted octanol–water partition coefficient (Wildman–Crippen LogP) is 5.97. The highest BCUT2D eigenvalue weighted by Gasteiger charge is 2.70. The van der Waals surface area contributed by atoms with Crippen LogP contribution in [0.3, 0.4) is 0 Å². The van der Waals surface area contributed by atoms with Crippen LogP contribution in [0.1, 0.15) is 100 Å². The lowest BCUT2D eigenvalue weighted by Crippen LogP contribution is -2.69. The lowest BCUT2D eigenvalue weighted by molar-refractivity contribution is -0.247. The van der Waals surface area contributed by atoms with E-state index in [1.54, 1.807) is 5.57 Å². The smallest absolute Gasteiger partial charge is 0.0852 e. The molecule has 33 heavy (non-hydrogen) atoms. The van der Waals surface area contributed by atoms with Gasteiger partial charge in [-0.3, -0.25) is 0 Å². The zero-order chi connectivity index (χ0) is 24.4.